The van der Waals surface area contributed by atoms with Crippen LogP contribution in [0.4, 0.5) is 13.2 Å². The molecule has 1 saturated heterocycles. The molecule has 1 unspecified atom stereocenters. The molecule has 0 bridgehead atoms. The Kier molecular flexibility index (Phi) is 3.56. The normalized spacial score (nSPS) is 24.6. The van der Waals surface area contributed by atoms with Crippen LogP contribution in [0.15, 0.2) is 24.3 Å². The van der Waals surface area contributed by atoms with Gasteiger partial charge >= 0.3 is 6.18 Å². The van der Waals surface area contributed by atoms with Gasteiger partial charge in [-0.2, -0.15) is 13.2 Å². The van der Waals surface area contributed by atoms with Crippen LogP contribution in [0.5, 0.6) is 0 Å². The van der Waals surface area contributed by atoms with Gasteiger partial charge in [0.25, 0.3) is 0 Å². The lowest BCUT2D eigenvalue weighted by atomic mass is 9.70. The number of carbonyl (C=O) groups is 1. The highest BCUT2D eigenvalue weighted by Crippen LogP contribution is 2.45. The van der Waals surface area contributed by atoms with Crippen molar-refractivity contribution in [2.45, 2.75) is 43.9 Å². The van der Waals surface area contributed by atoms with Gasteiger partial charge in [0.15, 0.2) is 5.78 Å². The van der Waals surface area contributed by atoms with Gasteiger partial charge in [0.2, 0.25) is 0 Å². The minimum Gasteiger partial charge on any atom is -0.375 e. The van der Waals surface area contributed by atoms with E-state index in [1.807, 2.05) is 0 Å². The second-order valence-electron chi connectivity index (χ2n) is 5.98. The predicted octanol–water partition coefficient (Wildman–Crippen LogP) is 4.24. The number of carbonyl (C=O) groups excluding carboxylic acids is 1. The van der Waals surface area contributed by atoms with E-state index in [2.05, 4.69) is 0 Å². The summed E-state index contributed by atoms with van der Waals surface area (Å²) in [6, 6.07) is 5.07. The van der Waals surface area contributed by atoms with Crippen LogP contribution < -0.4 is 0 Å². The third-order valence-corrected chi connectivity index (χ3v) is 4.63. The second kappa shape index (κ2) is 5.13. The number of alkyl halides is 3. The molecule has 1 aromatic rings. The molecule has 1 saturated carbocycles. The maximum Gasteiger partial charge on any atom is 0.417 e. The highest BCUT2D eigenvalue weighted by molar-refractivity contribution is 5.99. The fraction of sp³-hybridized carbons (Fsp3) is 0.562. The van der Waals surface area contributed by atoms with Crippen LogP contribution in [-0.4, -0.2) is 18.0 Å². The molecule has 114 valence electrons. The molecule has 2 fully saturated rings. The number of hydrogen-bond donors (Lipinski definition) is 0. The van der Waals surface area contributed by atoms with Crippen LogP contribution >= 0.6 is 0 Å². The van der Waals surface area contributed by atoms with Crippen molar-refractivity contribution < 1.29 is 22.7 Å². The van der Waals surface area contributed by atoms with Crippen LogP contribution in [-0.2, 0) is 10.9 Å². The standard InChI is InChI=1S/C16H17F3O2/c17-16(18,19)13-5-2-1-4-12(13)14(20)11-6-9-21-15(10-11)7-3-8-15/h1-2,4-5,11H,3,6-10H2. The predicted molar refractivity (Wildman–Crippen MR) is 71.0 cm³/mol. The van der Waals surface area contributed by atoms with Crippen molar-refractivity contribution in [1.29, 1.82) is 0 Å². The summed E-state index contributed by atoms with van der Waals surface area (Å²) in [4.78, 5) is 12.5. The summed E-state index contributed by atoms with van der Waals surface area (Å²) in [5.74, 6) is -0.750. The first kappa shape index (κ1) is 14.6. The first-order valence-electron chi connectivity index (χ1n) is 7.26. The lowest BCUT2D eigenvalue weighted by Gasteiger charge is -2.46. The number of ether oxygens (including phenoxy) is 1. The average Bonchev–Trinajstić information content (AvgIpc) is 2.44. The molecule has 1 aliphatic heterocycles. The Morgan fingerprint density at radius 2 is 1.95 bits per heavy atom. The van der Waals surface area contributed by atoms with Crippen molar-refractivity contribution in [3.8, 4) is 0 Å². The summed E-state index contributed by atoms with van der Waals surface area (Å²) in [6.45, 7) is 0.463. The third-order valence-electron chi connectivity index (χ3n) is 4.63. The van der Waals surface area contributed by atoms with Gasteiger partial charge in [-0.15, -0.1) is 0 Å². The maximum atomic E-state index is 13.0. The summed E-state index contributed by atoms with van der Waals surface area (Å²) in [7, 11) is 0. The van der Waals surface area contributed by atoms with Crippen molar-refractivity contribution in [3.05, 3.63) is 35.4 Å². The van der Waals surface area contributed by atoms with Gasteiger partial charge in [0.1, 0.15) is 0 Å². The van der Waals surface area contributed by atoms with Gasteiger partial charge in [-0.25, -0.2) is 0 Å². The zero-order valence-electron chi connectivity index (χ0n) is 11.6. The smallest absolute Gasteiger partial charge is 0.375 e. The first-order valence-corrected chi connectivity index (χ1v) is 7.26. The van der Waals surface area contributed by atoms with Gasteiger partial charge in [-0.05, 0) is 38.2 Å². The number of rotatable bonds is 2. The summed E-state index contributed by atoms with van der Waals surface area (Å²) in [5.41, 5.74) is -1.28. The lowest BCUT2D eigenvalue weighted by Crippen LogP contribution is -2.47. The third kappa shape index (κ3) is 2.71. The lowest BCUT2D eigenvalue weighted by molar-refractivity contribution is -0.139. The number of hydrogen-bond acceptors (Lipinski definition) is 2. The first-order chi connectivity index (χ1) is 9.91. The summed E-state index contributed by atoms with van der Waals surface area (Å²) in [6.07, 6.45) is -0.536. The maximum absolute atomic E-state index is 13.0. The van der Waals surface area contributed by atoms with Crippen molar-refractivity contribution in [2.75, 3.05) is 6.61 Å². The van der Waals surface area contributed by atoms with Gasteiger partial charge < -0.3 is 4.74 Å². The highest BCUT2D eigenvalue weighted by Gasteiger charge is 2.45. The fourth-order valence-electron chi connectivity index (χ4n) is 3.34. The van der Waals surface area contributed by atoms with E-state index in [-0.39, 0.29) is 17.1 Å². The molecule has 0 amide bonds. The van der Waals surface area contributed by atoms with Gasteiger partial charge in [-0.1, -0.05) is 18.2 Å². The molecule has 1 aliphatic carbocycles. The minimum absolute atomic E-state index is 0.202. The summed E-state index contributed by atoms with van der Waals surface area (Å²) < 4.78 is 44.8. The van der Waals surface area contributed by atoms with E-state index >= 15 is 0 Å². The minimum atomic E-state index is -4.49. The number of ketones is 1. The Balaban J connectivity index is 1.85. The molecule has 21 heavy (non-hydrogen) atoms. The molecule has 1 spiro atoms. The van der Waals surface area contributed by atoms with E-state index in [1.165, 1.54) is 18.2 Å². The highest BCUT2D eigenvalue weighted by atomic mass is 19.4. The molecule has 2 nitrogen and oxygen atoms in total. The number of benzene rings is 1. The molecule has 1 aromatic carbocycles. The Bertz CT molecular complexity index is 547. The number of Topliss-reactive ketones (excluding diaryl/α,β-unsaturated/α-hetero) is 1. The van der Waals surface area contributed by atoms with E-state index in [1.54, 1.807) is 0 Å². The summed E-state index contributed by atoms with van der Waals surface area (Å²) in [5, 5.41) is 0. The molecule has 3 rings (SSSR count). The Labute approximate surface area is 121 Å². The van der Waals surface area contributed by atoms with Gasteiger partial charge in [0.05, 0.1) is 11.2 Å². The monoisotopic (exact) mass is 298 g/mol. The van der Waals surface area contributed by atoms with Crippen molar-refractivity contribution >= 4 is 5.78 Å². The van der Waals surface area contributed by atoms with Crippen LogP contribution in [0, 0.1) is 5.92 Å². The van der Waals surface area contributed by atoms with Crippen molar-refractivity contribution in [3.63, 3.8) is 0 Å². The Hall–Kier alpha value is -1.36. The van der Waals surface area contributed by atoms with Crippen molar-refractivity contribution in [1.82, 2.24) is 0 Å². The molecular weight excluding hydrogens is 281 g/mol. The molecule has 1 heterocycles. The molecule has 5 heteroatoms. The molecule has 1 atom stereocenters. The fourth-order valence-corrected chi connectivity index (χ4v) is 3.34. The Morgan fingerprint density at radius 3 is 2.57 bits per heavy atom. The van der Waals surface area contributed by atoms with E-state index < -0.39 is 17.5 Å². The molecular formula is C16H17F3O2. The van der Waals surface area contributed by atoms with Gasteiger partial charge in [-0.3, -0.25) is 4.79 Å². The van der Waals surface area contributed by atoms with Crippen LogP contribution in [0.1, 0.15) is 48.0 Å². The van der Waals surface area contributed by atoms with Crippen LogP contribution in [0.25, 0.3) is 0 Å². The summed E-state index contributed by atoms with van der Waals surface area (Å²) >= 11 is 0. The largest absolute Gasteiger partial charge is 0.417 e. The molecule has 2 aliphatic rings. The number of halogens is 3. The van der Waals surface area contributed by atoms with E-state index in [4.69, 9.17) is 4.74 Å². The van der Waals surface area contributed by atoms with E-state index in [0.29, 0.717) is 19.4 Å². The SMILES string of the molecule is O=C(c1ccccc1C(F)(F)F)C1CCOC2(CCC2)C1. The zero-order chi connectivity index (χ0) is 15.1. The van der Waals surface area contributed by atoms with Crippen molar-refractivity contribution in [2.24, 2.45) is 5.92 Å². The quantitative estimate of drug-likeness (QED) is 0.763. The zero-order valence-corrected chi connectivity index (χ0v) is 11.6. The van der Waals surface area contributed by atoms with Gasteiger partial charge in [0, 0.05) is 18.1 Å². The second-order valence-corrected chi connectivity index (χ2v) is 5.98. The Morgan fingerprint density at radius 1 is 1.24 bits per heavy atom. The van der Waals surface area contributed by atoms with Crippen LogP contribution in [0.3, 0.4) is 0 Å². The average molecular weight is 298 g/mol. The molecule has 0 N–H and O–H groups in total. The molecule has 0 aromatic heterocycles. The van der Waals surface area contributed by atoms with E-state index in [9.17, 15) is 18.0 Å². The van der Waals surface area contributed by atoms with Crippen LogP contribution in [0.2, 0.25) is 0 Å². The molecule has 0 radical (unpaired) electrons. The van der Waals surface area contributed by atoms with E-state index in [0.717, 1.165) is 25.3 Å². The topological polar surface area (TPSA) is 26.3 Å².